The molecule has 3 aromatic rings. The Kier molecular flexibility index (Phi) is 8.15. The number of benzene rings is 3. The summed E-state index contributed by atoms with van der Waals surface area (Å²) >= 11 is 0. The molecule has 0 saturated heterocycles. The maximum atomic E-state index is 12.6. The first-order valence-corrected chi connectivity index (χ1v) is 11.8. The predicted octanol–water partition coefficient (Wildman–Crippen LogP) is 3.59. The van der Waals surface area contributed by atoms with Gasteiger partial charge in [-0.05, 0) is 61.5 Å². The van der Waals surface area contributed by atoms with Crippen LogP contribution in [-0.4, -0.2) is 34.6 Å². The maximum Gasteiger partial charge on any atom is 0.261 e. The average molecular weight is 471 g/mol. The third-order valence-electron chi connectivity index (χ3n) is 4.59. The van der Waals surface area contributed by atoms with Crippen LogP contribution in [0.1, 0.15) is 12.5 Å². The zero-order valence-corrected chi connectivity index (χ0v) is 19.2. The van der Waals surface area contributed by atoms with Crippen molar-refractivity contribution in [2.24, 2.45) is 0 Å². The van der Waals surface area contributed by atoms with Crippen LogP contribution in [0.2, 0.25) is 0 Å². The van der Waals surface area contributed by atoms with Crippen molar-refractivity contribution < 1.29 is 27.4 Å². The van der Waals surface area contributed by atoms with Gasteiger partial charge in [-0.2, -0.15) is 0 Å². The van der Waals surface area contributed by atoms with Gasteiger partial charge in [-0.1, -0.05) is 18.2 Å². The van der Waals surface area contributed by atoms with Gasteiger partial charge in [0.05, 0.1) is 18.6 Å². The first kappa shape index (κ1) is 23.9. The molecule has 9 heteroatoms. The molecular weight excluding hydrogens is 444 g/mol. The summed E-state index contributed by atoms with van der Waals surface area (Å²) in [7, 11) is -2.20. The van der Waals surface area contributed by atoms with Crippen molar-refractivity contribution in [1.82, 2.24) is 5.32 Å². The van der Waals surface area contributed by atoms with Crippen molar-refractivity contribution in [1.29, 1.82) is 0 Å². The van der Waals surface area contributed by atoms with Gasteiger partial charge in [-0.25, -0.2) is 8.42 Å². The molecule has 0 bridgehead atoms. The van der Waals surface area contributed by atoms with Crippen LogP contribution in [0.5, 0.6) is 17.2 Å². The van der Waals surface area contributed by atoms with Crippen molar-refractivity contribution in [2.45, 2.75) is 18.4 Å². The number of rotatable bonds is 11. The van der Waals surface area contributed by atoms with Gasteiger partial charge >= 0.3 is 0 Å². The lowest BCUT2D eigenvalue weighted by atomic mass is 10.2. The van der Waals surface area contributed by atoms with Crippen LogP contribution in [0.4, 0.5) is 5.69 Å². The first-order valence-electron chi connectivity index (χ1n) is 10.3. The Morgan fingerprint density at radius 1 is 0.879 bits per heavy atom. The first-order chi connectivity index (χ1) is 15.9. The smallest absolute Gasteiger partial charge is 0.261 e. The highest BCUT2D eigenvalue weighted by Crippen LogP contribution is 2.21. The third-order valence-corrected chi connectivity index (χ3v) is 5.99. The van der Waals surface area contributed by atoms with Gasteiger partial charge in [0.1, 0.15) is 17.2 Å². The van der Waals surface area contributed by atoms with Crippen LogP contribution in [0, 0.1) is 0 Å². The Labute approximate surface area is 193 Å². The fraction of sp³-hybridized carbons (Fsp3) is 0.208. The number of hydrogen-bond donors (Lipinski definition) is 2. The number of anilines is 1. The summed E-state index contributed by atoms with van der Waals surface area (Å²) in [5, 5.41) is 2.76. The van der Waals surface area contributed by atoms with Gasteiger partial charge < -0.3 is 19.5 Å². The minimum absolute atomic E-state index is 0.0735. The summed E-state index contributed by atoms with van der Waals surface area (Å²) in [6, 6.07) is 19.9. The average Bonchev–Trinajstić information content (AvgIpc) is 2.83. The summed E-state index contributed by atoms with van der Waals surface area (Å²) < 4.78 is 43.8. The number of sulfonamides is 1. The van der Waals surface area contributed by atoms with E-state index in [1.54, 1.807) is 31.4 Å². The number of carbonyl (C=O) groups excluding carboxylic acids is 1. The molecule has 0 radical (unpaired) electrons. The van der Waals surface area contributed by atoms with E-state index < -0.39 is 10.0 Å². The van der Waals surface area contributed by atoms with E-state index in [1.165, 1.54) is 24.3 Å². The van der Waals surface area contributed by atoms with E-state index in [9.17, 15) is 13.2 Å². The van der Waals surface area contributed by atoms with Crippen LogP contribution >= 0.6 is 0 Å². The Morgan fingerprint density at radius 3 is 2.18 bits per heavy atom. The molecule has 3 rings (SSSR count). The monoisotopic (exact) mass is 470 g/mol. The Hall–Kier alpha value is -3.72. The molecule has 0 aliphatic rings. The van der Waals surface area contributed by atoms with Gasteiger partial charge in [0.15, 0.2) is 6.61 Å². The highest BCUT2D eigenvalue weighted by atomic mass is 32.2. The zero-order valence-electron chi connectivity index (χ0n) is 18.4. The molecule has 2 N–H and O–H groups in total. The van der Waals surface area contributed by atoms with Crippen molar-refractivity contribution in [2.75, 3.05) is 25.0 Å². The largest absolute Gasteiger partial charge is 0.496 e. The van der Waals surface area contributed by atoms with E-state index >= 15 is 0 Å². The second kappa shape index (κ2) is 11.2. The predicted molar refractivity (Wildman–Crippen MR) is 125 cm³/mol. The van der Waals surface area contributed by atoms with Crippen LogP contribution in [0.25, 0.3) is 0 Å². The van der Waals surface area contributed by atoms with Crippen molar-refractivity contribution >= 4 is 21.6 Å². The van der Waals surface area contributed by atoms with E-state index in [1.807, 2.05) is 31.2 Å². The molecule has 174 valence electrons. The lowest BCUT2D eigenvalue weighted by Crippen LogP contribution is -2.28. The van der Waals surface area contributed by atoms with Gasteiger partial charge in [0, 0.05) is 17.8 Å². The standard InChI is InChI=1S/C24H26N2O6S/c1-3-31-20-10-8-19(9-11-20)26-33(28,29)22-14-12-21(13-15-22)32-17-24(27)25-16-18-6-4-5-7-23(18)30-2/h4-15,26H,3,16-17H2,1-2H3,(H,25,27). The van der Waals surface area contributed by atoms with E-state index in [4.69, 9.17) is 14.2 Å². The van der Waals surface area contributed by atoms with Crippen LogP contribution in [0.3, 0.4) is 0 Å². The zero-order chi connectivity index (χ0) is 23.7. The van der Waals surface area contributed by atoms with Crippen molar-refractivity contribution in [3.63, 3.8) is 0 Å². The van der Waals surface area contributed by atoms with Crippen LogP contribution in [-0.2, 0) is 21.4 Å². The highest BCUT2D eigenvalue weighted by molar-refractivity contribution is 7.92. The Balaban J connectivity index is 1.52. The number of carbonyl (C=O) groups is 1. The number of hydrogen-bond acceptors (Lipinski definition) is 6. The molecule has 0 atom stereocenters. The fourth-order valence-electron chi connectivity index (χ4n) is 2.96. The normalized spacial score (nSPS) is 10.8. The summed E-state index contributed by atoms with van der Waals surface area (Å²) in [5.74, 6) is 1.42. The topological polar surface area (TPSA) is 103 Å². The SMILES string of the molecule is CCOc1ccc(NS(=O)(=O)c2ccc(OCC(=O)NCc3ccccc3OC)cc2)cc1. The summed E-state index contributed by atoms with van der Waals surface area (Å²) in [6.45, 7) is 2.51. The third kappa shape index (κ3) is 6.88. The number of amides is 1. The van der Waals surface area contributed by atoms with Gasteiger partial charge in [0.25, 0.3) is 15.9 Å². The van der Waals surface area contributed by atoms with E-state index in [0.717, 1.165) is 5.56 Å². The van der Waals surface area contributed by atoms with Crippen molar-refractivity contribution in [3.05, 3.63) is 78.4 Å². The summed E-state index contributed by atoms with van der Waals surface area (Å²) in [4.78, 5) is 12.2. The molecule has 1 amide bonds. The summed E-state index contributed by atoms with van der Waals surface area (Å²) in [5.41, 5.74) is 1.27. The fourth-order valence-corrected chi connectivity index (χ4v) is 4.02. The number of methoxy groups -OCH3 is 1. The minimum atomic E-state index is -3.77. The van der Waals surface area contributed by atoms with Crippen LogP contribution < -0.4 is 24.2 Å². The molecule has 0 unspecified atom stereocenters. The molecule has 0 fully saturated rings. The van der Waals surface area contributed by atoms with Crippen molar-refractivity contribution in [3.8, 4) is 17.2 Å². The highest BCUT2D eigenvalue weighted by Gasteiger charge is 2.14. The molecule has 0 aliphatic carbocycles. The second-order valence-corrected chi connectivity index (χ2v) is 8.59. The lowest BCUT2D eigenvalue weighted by molar-refractivity contribution is -0.123. The van der Waals surface area contributed by atoms with Gasteiger partial charge in [-0.15, -0.1) is 0 Å². The molecule has 0 heterocycles. The van der Waals surface area contributed by atoms with Gasteiger partial charge in [0.2, 0.25) is 0 Å². The van der Waals surface area contributed by atoms with E-state index in [0.29, 0.717) is 36.1 Å². The lowest BCUT2D eigenvalue weighted by Gasteiger charge is -2.11. The Morgan fingerprint density at radius 2 is 1.52 bits per heavy atom. The van der Waals surface area contributed by atoms with Crippen LogP contribution in [0.15, 0.2) is 77.7 Å². The molecule has 8 nitrogen and oxygen atoms in total. The quantitative estimate of drug-likeness (QED) is 0.444. The number of nitrogens with one attached hydrogen (secondary N) is 2. The maximum absolute atomic E-state index is 12.6. The summed E-state index contributed by atoms with van der Waals surface area (Å²) in [6.07, 6.45) is 0. The molecule has 0 spiro atoms. The minimum Gasteiger partial charge on any atom is -0.496 e. The molecule has 3 aromatic carbocycles. The molecular formula is C24H26N2O6S. The molecule has 33 heavy (non-hydrogen) atoms. The molecule has 0 aromatic heterocycles. The Bertz CT molecular complexity index is 1160. The van der Waals surface area contributed by atoms with Gasteiger partial charge in [-0.3, -0.25) is 9.52 Å². The van der Waals surface area contributed by atoms with E-state index in [-0.39, 0.29) is 17.4 Å². The van der Waals surface area contributed by atoms with E-state index in [2.05, 4.69) is 10.0 Å². The molecule has 0 saturated carbocycles. The molecule has 0 aliphatic heterocycles. The number of ether oxygens (including phenoxy) is 3. The second-order valence-electron chi connectivity index (χ2n) is 6.91. The number of para-hydroxylation sites is 1.